The van der Waals surface area contributed by atoms with Gasteiger partial charge in [-0.15, -0.1) is 0 Å². The van der Waals surface area contributed by atoms with Crippen molar-refractivity contribution in [2.24, 2.45) is 5.73 Å². The lowest BCUT2D eigenvalue weighted by atomic mass is 10.2. The minimum absolute atomic E-state index is 0.0537. The van der Waals surface area contributed by atoms with E-state index in [2.05, 4.69) is 33.9 Å². The van der Waals surface area contributed by atoms with Gasteiger partial charge in [0, 0.05) is 6.54 Å². The van der Waals surface area contributed by atoms with E-state index in [4.69, 9.17) is 10.2 Å². The van der Waals surface area contributed by atoms with Crippen molar-refractivity contribution >= 4 is 8.32 Å². The first-order valence-corrected chi connectivity index (χ1v) is 8.76. The third kappa shape index (κ3) is 3.29. The van der Waals surface area contributed by atoms with E-state index in [1.165, 1.54) is 6.07 Å². The van der Waals surface area contributed by atoms with Crippen LogP contribution < -0.4 is 10.2 Å². The summed E-state index contributed by atoms with van der Waals surface area (Å²) in [6.45, 7) is 11.0. The number of hydrogen-bond acceptors (Lipinski definition) is 2. The fourth-order valence-corrected chi connectivity index (χ4v) is 2.19. The quantitative estimate of drug-likeness (QED) is 0.836. The summed E-state index contributed by atoms with van der Waals surface area (Å²) in [6.07, 6.45) is 0. The monoisotopic (exact) mass is 255 g/mol. The summed E-state index contributed by atoms with van der Waals surface area (Å²) in [6, 6.07) is 4.81. The largest absolute Gasteiger partial charge is 0.542 e. The highest BCUT2D eigenvalue weighted by atomic mass is 28.4. The minimum Gasteiger partial charge on any atom is -0.542 e. The minimum atomic E-state index is -1.99. The molecule has 1 aromatic carbocycles. The van der Waals surface area contributed by atoms with Crippen LogP contribution in [0.1, 0.15) is 26.3 Å². The van der Waals surface area contributed by atoms with Gasteiger partial charge < -0.3 is 10.2 Å². The molecule has 0 amide bonds. The molecule has 0 aliphatic carbocycles. The molecule has 0 aliphatic rings. The molecule has 1 rings (SSSR count). The molecule has 2 N–H and O–H groups in total. The standard InChI is InChI=1S/C13H22FNOSi/c1-13(2,3)17(4,5)16-12-8-10(9-15)6-7-11(12)14/h6-8H,9,15H2,1-5H3. The van der Waals surface area contributed by atoms with E-state index in [0.717, 1.165) is 5.56 Å². The number of nitrogens with two attached hydrogens (primary N) is 1. The van der Waals surface area contributed by atoms with E-state index in [9.17, 15) is 4.39 Å². The molecule has 2 nitrogen and oxygen atoms in total. The molecule has 0 saturated carbocycles. The maximum atomic E-state index is 13.7. The van der Waals surface area contributed by atoms with Gasteiger partial charge in [0.25, 0.3) is 8.32 Å². The summed E-state index contributed by atoms with van der Waals surface area (Å²) in [4.78, 5) is 0. The highest BCUT2D eigenvalue weighted by Crippen LogP contribution is 2.38. The van der Waals surface area contributed by atoms with Gasteiger partial charge in [-0.3, -0.25) is 0 Å². The van der Waals surface area contributed by atoms with Crippen LogP contribution in [0.4, 0.5) is 4.39 Å². The van der Waals surface area contributed by atoms with Crippen molar-refractivity contribution in [3.63, 3.8) is 0 Å². The number of rotatable bonds is 3. The average molecular weight is 255 g/mol. The van der Waals surface area contributed by atoms with Crippen molar-refractivity contribution in [1.82, 2.24) is 0 Å². The zero-order chi connectivity index (χ0) is 13.3. The molecular formula is C13H22FNOSi. The lowest BCUT2D eigenvalue weighted by Crippen LogP contribution is -2.44. The molecule has 0 radical (unpaired) electrons. The maximum absolute atomic E-state index is 13.7. The van der Waals surface area contributed by atoms with Gasteiger partial charge >= 0.3 is 0 Å². The fraction of sp³-hybridized carbons (Fsp3) is 0.538. The van der Waals surface area contributed by atoms with Crippen LogP contribution in [-0.4, -0.2) is 8.32 Å². The molecule has 0 fully saturated rings. The van der Waals surface area contributed by atoms with Crippen LogP contribution >= 0.6 is 0 Å². The van der Waals surface area contributed by atoms with Crippen molar-refractivity contribution in [2.75, 3.05) is 0 Å². The molecule has 17 heavy (non-hydrogen) atoms. The Morgan fingerprint density at radius 1 is 1.29 bits per heavy atom. The molecule has 0 aliphatic heterocycles. The van der Waals surface area contributed by atoms with E-state index in [1.54, 1.807) is 12.1 Å². The Bertz CT molecular complexity index is 399. The first-order chi connectivity index (χ1) is 7.67. The third-order valence-corrected chi connectivity index (χ3v) is 7.75. The zero-order valence-corrected chi connectivity index (χ0v) is 12.3. The Labute approximate surface area is 104 Å². The van der Waals surface area contributed by atoms with Crippen LogP contribution in [-0.2, 0) is 6.54 Å². The second-order valence-electron chi connectivity index (χ2n) is 5.83. The predicted molar refractivity (Wildman–Crippen MR) is 72.1 cm³/mol. The van der Waals surface area contributed by atoms with Gasteiger partial charge in [-0.25, -0.2) is 4.39 Å². The van der Waals surface area contributed by atoms with Crippen LogP contribution in [0.15, 0.2) is 18.2 Å². The first kappa shape index (κ1) is 14.2. The van der Waals surface area contributed by atoms with E-state index in [-0.39, 0.29) is 10.9 Å². The first-order valence-electron chi connectivity index (χ1n) is 5.85. The molecule has 1 aromatic rings. The molecule has 0 bridgehead atoms. The molecule has 96 valence electrons. The van der Waals surface area contributed by atoms with Gasteiger partial charge in [0.15, 0.2) is 5.82 Å². The highest BCUT2D eigenvalue weighted by molar-refractivity contribution is 6.74. The van der Waals surface area contributed by atoms with Gasteiger partial charge in [0.05, 0.1) is 0 Å². The van der Waals surface area contributed by atoms with Crippen molar-refractivity contribution in [2.45, 2.75) is 45.4 Å². The molecular weight excluding hydrogens is 233 g/mol. The Morgan fingerprint density at radius 2 is 1.88 bits per heavy atom. The van der Waals surface area contributed by atoms with E-state index < -0.39 is 8.32 Å². The molecule has 4 heteroatoms. The summed E-state index contributed by atoms with van der Waals surface area (Å²) in [5.41, 5.74) is 6.44. The number of hydrogen-bond donors (Lipinski definition) is 1. The number of halogens is 1. The molecule has 0 atom stereocenters. The summed E-state index contributed by atoms with van der Waals surface area (Å²) in [7, 11) is -1.99. The third-order valence-electron chi connectivity index (χ3n) is 3.40. The van der Waals surface area contributed by atoms with Crippen LogP contribution in [0.25, 0.3) is 0 Å². The van der Waals surface area contributed by atoms with Crippen molar-refractivity contribution in [1.29, 1.82) is 0 Å². The number of benzene rings is 1. The summed E-state index contributed by atoms with van der Waals surface area (Å²) >= 11 is 0. The zero-order valence-electron chi connectivity index (χ0n) is 11.3. The average Bonchev–Trinajstić information content (AvgIpc) is 2.19. The van der Waals surface area contributed by atoms with Gasteiger partial charge in [0.2, 0.25) is 0 Å². The molecule has 0 spiro atoms. The Kier molecular flexibility index (Phi) is 3.99. The molecule has 0 saturated heterocycles. The lowest BCUT2D eigenvalue weighted by molar-refractivity contribution is 0.456. The maximum Gasteiger partial charge on any atom is 0.250 e. The van der Waals surface area contributed by atoms with Crippen LogP contribution in [0.5, 0.6) is 5.75 Å². The Balaban J connectivity index is 3.02. The Hall–Kier alpha value is -0.873. The predicted octanol–water partition coefficient (Wildman–Crippen LogP) is 3.67. The van der Waals surface area contributed by atoms with E-state index in [1.807, 2.05) is 0 Å². The topological polar surface area (TPSA) is 35.2 Å². The van der Waals surface area contributed by atoms with Gasteiger partial charge in [-0.1, -0.05) is 26.8 Å². The van der Waals surface area contributed by atoms with E-state index in [0.29, 0.717) is 12.3 Å². The second kappa shape index (κ2) is 4.78. The van der Waals surface area contributed by atoms with Gasteiger partial charge in [0.1, 0.15) is 5.75 Å². The lowest BCUT2D eigenvalue weighted by Gasteiger charge is -2.36. The fourth-order valence-electron chi connectivity index (χ4n) is 1.18. The van der Waals surface area contributed by atoms with Crippen LogP contribution in [0, 0.1) is 5.82 Å². The normalized spacial score (nSPS) is 12.6. The molecule has 0 aromatic heterocycles. The van der Waals surface area contributed by atoms with Crippen LogP contribution in [0.3, 0.4) is 0 Å². The molecule has 0 unspecified atom stereocenters. The molecule has 0 heterocycles. The summed E-state index contributed by atoms with van der Waals surface area (Å²) < 4.78 is 19.6. The van der Waals surface area contributed by atoms with Crippen molar-refractivity contribution < 1.29 is 8.82 Å². The van der Waals surface area contributed by atoms with Crippen LogP contribution in [0.2, 0.25) is 18.1 Å². The second-order valence-corrected chi connectivity index (χ2v) is 10.6. The van der Waals surface area contributed by atoms with Gasteiger partial charge in [-0.05, 0) is 35.8 Å². The summed E-state index contributed by atoms with van der Waals surface area (Å²) in [5.74, 6) is 0.0200. The van der Waals surface area contributed by atoms with Crippen molar-refractivity contribution in [3.8, 4) is 5.75 Å². The van der Waals surface area contributed by atoms with Crippen molar-refractivity contribution in [3.05, 3.63) is 29.6 Å². The Morgan fingerprint density at radius 3 is 2.35 bits per heavy atom. The highest BCUT2D eigenvalue weighted by Gasteiger charge is 2.39. The van der Waals surface area contributed by atoms with E-state index >= 15 is 0 Å². The summed E-state index contributed by atoms with van der Waals surface area (Å²) in [5, 5.41) is 0.0537. The van der Waals surface area contributed by atoms with Gasteiger partial charge in [-0.2, -0.15) is 0 Å². The SMILES string of the molecule is CC(C)(C)[Si](C)(C)Oc1cc(CN)ccc1F. The smallest absolute Gasteiger partial charge is 0.250 e.